The Bertz CT molecular complexity index is 2220. The van der Waals surface area contributed by atoms with E-state index in [4.69, 9.17) is 13.9 Å². The summed E-state index contributed by atoms with van der Waals surface area (Å²) in [5.41, 5.74) is 3.55. The van der Waals surface area contributed by atoms with Crippen LogP contribution >= 0.6 is 0 Å². The van der Waals surface area contributed by atoms with E-state index < -0.39 is 16.3 Å². The number of carbonyl (C=O) groups excluding carboxylic acids is 2. The molecule has 7 rings (SSSR count). The fourth-order valence-corrected chi connectivity index (χ4v) is 6.30. The molecular weight excluding hydrogens is 641 g/mol. The summed E-state index contributed by atoms with van der Waals surface area (Å²) in [5.74, 6) is 0.256. The van der Waals surface area contributed by atoms with Crippen molar-refractivity contribution in [1.82, 2.24) is 5.01 Å². The van der Waals surface area contributed by atoms with E-state index in [0.29, 0.717) is 22.6 Å². The Kier molecular flexibility index (Phi) is 8.33. The number of hydrazone groups is 1. The van der Waals surface area contributed by atoms with Crippen LogP contribution in [0.1, 0.15) is 35.4 Å². The first kappa shape index (κ1) is 31.3. The Labute approximate surface area is 283 Å². The number of hydrogen-bond donors (Lipinski definition) is 0. The van der Waals surface area contributed by atoms with Gasteiger partial charge in [-0.25, -0.2) is 4.99 Å². The van der Waals surface area contributed by atoms with Crippen LogP contribution in [0.25, 0.3) is 6.08 Å². The molecule has 0 bridgehead atoms. The fourth-order valence-electron chi connectivity index (χ4n) is 5.35. The van der Waals surface area contributed by atoms with Crippen molar-refractivity contribution in [2.75, 3.05) is 4.90 Å². The van der Waals surface area contributed by atoms with Crippen molar-refractivity contribution in [3.8, 4) is 5.75 Å². The minimum absolute atomic E-state index is 0.0480. The largest absolute Gasteiger partial charge is 0.446 e. The monoisotopic (exact) mass is 668 g/mol. The zero-order valence-electron chi connectivity index (χ0n) is 26.1. The summed E-state index contributed by atoms with van der Waals surface area (Å²) in [5, 5.41) is 5.75. The second-order valence-corrected chi connectivity index (χ2v) is 12.6. The van der Waals surface area contributed by atoms with E-state index in [1.165, 1.54) is 41.1 Å². The van der Waals surface area contributed by atoms with Gasteiger partial charge >= 0.3 is 10.1 Å². The SMILES string of the molecule is CC(=O)N1N=C(c2ccc(N3C(=O)/C(=C/c4ccc(OS(=O)(=O)c5ccccc5)cc4)N=C3c3ccccc3)cc2)OC1c1ccccc1. The third-order valence-electron chi connectivity index (χ3n) is 7.74. The molecule has 2 amide bonds. The maximum Gasteiger partial charge on any atom is 0.339 e. The molecule has 0 N–H and O–H groups in total. The molecule has 2 heterocycles. The van der Waals surface area contributed by atoms with Crippen LogP contribution < -0.4 is 9.08 Å². The van der Waals surface area contributed by atoms with Gasteiger partial charge in [0.15, 0.2) is 0 Å². The third-order valence-corrected chi connectivity index (χ3v) is 9.00. The van der Waals surface area contributed by atoms with Crippen molar-refractivity contribution in [3.63, 3.8) is 0 Å². The predicted molar refractivity (Wildman–Crippen MR) is 185 cm³/mol. The van der Waals surface area contributed by atoms with Crippen molar-refractivity contribution in [1.29, 1.82) is 0 Å². The maximum atomic E-state index is 13.9. The van der Waals surface area contributed by atoms with E-state index in [1.807, 2.05) is 60.7 Å². The average molecular weight is 669 g/mol. The first-order valence-electron chi connectivity index (χ1n) is 15.3. The van der Waals surface area contributed by atoms with E-state index in [2.05, 4.69) is 5.10 Å². The molecule has 1 atom stereocenters. The Morgan fingerprint density at radius 1 is 0.776 bits per heavy atom. The van der Waals surface area contributed by atoms with Gasteiger partial charge in [0.1, 0.15) is 22.2 Å². The minimum atomic E-state index is -3.99. The lowest BCUT2D eigenvalue weighted by Gasteiger charge is -2.19. The number of aliphatic imine (C=N–C) groups is 1. The van der Waals surface area contributed by atoms with E-state index in [1.54, 1.807) is 60.7 Å². The Hall–Kier alpha value is -6.33. The van der Waals surface area contributed by atoms with Gasteiger partial charge in [-0.2, -0.15) is 13.4 Å². The van der Waals surface area contributed by atoms with Crippen molar-refractivity contribution in [2.24, 2.45) is 10.1 Å². The van der Waals surface area contributed by atoms with Crippen LogP contribution in [0.3, 0.4) is 0 Å². The van der Waals surface area contributed by atoms with E-state index in [0.717, 1.165) is 11.1 Å². The number of amidine groups is 1. The minimum Gasteiger partial charge on any atom is -0.446 e. The van der Waals surface area contributed by atoms with Gasteiger partial charge in [0, 0.05) is 23.6 Å². The topological polar surface area (TPSA) is 118 Å². The molecule has 2 aliphatic heterocycles. The molecule has 0 radical (unpaired) electrons. The van der Waals surface area contributed by atoms with Gasteiger partial charge in [0.25, 0.3) is 5.91 Å². The standard InChI is InChI=1S/C38H28N4O6S/c1-26(43)42-38(30-13-7-3-8-14-30)47-36(40-42)29-19-21-31(22-20-29)41-35(28-11-5-2-6-12-28)39-34(37(41)44)25-27-17-23-32(24-18-27)48-49(45,46)33-15-9-4-10-16-33/h2-25,38H,1H3/b34-25-. The lowest BCUT2D eigenvalue weighted by molar-refractivity contribution is -0.135. The summed E-state index contributed by atoms with van der Waals surface area (Å²) in [6, 6.07) is 40.1. The molecule has 242 valence electrons. The Morgan fingerprint density at radius 2 is 1.39 bits per heavy atom. The molecular formula is C38H28N4O6S. The smallest absolute Gasteiger partial charge is 0.339 e. The average Bonchev–Trinajstić information content (AvgIpc) is 3.72. The maximum absolute atomic E-state index is 13.9. The summed E-state index contributed by atoms with van der Waals surface area (Å²) in [6.07, 6.45) is 0.947. The summed E-state index contributed by atoms with van der Waals surface area (Å²) in [4.78, 5) is 32.6. The highest BCUT2D eigenvalue weighted by atomic mass is 32.2. The summed E-state index contributed by atoms with van der Waals surface area (Å²) >= 11 is 0. The number of amides is 2. The molecule has 11 heteroatoms. The van der Waals surface area contributed by atoms with Crippen LogP contribution in [0, 0.1) is 0 Å². The molecule has 10 nitrogen and oxygen atoms in total. The third kappa shape index (κ3) is 6.47. The van der Waals surface area contributed by atoms with Gasteiger partial charge in [0.2, 0.25) is 18.0 Å². The van der Waals surface area contributed by atoms with Gasteiger partial charge in [-0.1, -0.05) is 91.0 Å². The van der Waals surface area contributed by atoms with Gasteiger partial charge in [0.05, 0.1) is 5.69 Å². The second kappa shape index (κ2) is 13.1. The van der Waals surface area contributed by atoms with Crippen molar-refractivity contribution >= 4 is 45.4 Å². The molecule has 0 aromatic heterocycles. The van der Waals surface area contributed by atoms with Crippen molar-refractivity contribution in [2.45, 2.75) is 18.0 Å². The molecule has 1 unspecified atom stereocenters. The highest BCUT2D eigenvalue weighted by Gasteiger charge is 2.35. The lowest BCUT2D eigenvalue weighted by atomic mass is 10.1. The normalized spacial score (nSPS) is 16.7. The molecule has 49 heavy (non-hydrogen) atoms. The van der Waals surface area contributed by atoms with Crippen LogP contribution in [0.2, 0.25) is 0 Å². The number of anilines is 1. The van der Waals surface area contributed by atoms with Gasteiger partial charge in [-0.3, -0.25) is 14.5 Å². The van der Waals surface area contributed by atoms with Gasteiger partial charge < -0.3 is 8.92 Å². The van der Waals surface area contributed by atoms with Crippen LogP contribution in [-0.4, -0.2) is 37.0 Å². The molecule has 0 aliphatic carbocycles. The first-order chi connectivity index (χ1) is 23.8. The van der Waals surface area contributed by atoms with Crippen LogP contribution in [0.15, 0.2) is 160 Å². The quantitative estimate of drug-likeness (QED) is 0.137. The predicted octanol–water partition coefficient (Wildman–Crippen LogP) is 6.53. The molecule has 0 saturated heterocycles. The molecule has 5 aromatic rings. The van der Waals surface area contributed by atoms with Crippen LogP contribution in [0.5, 0.6) is 5.75 Å². The molecule has 5 aromatic carbocycles. The van der Waals surface area contributed by atoms with Crippen LogP contribution in [-0.2, 0) is 24.4 Å². The summed E-state index contributed by atoms with van der Waals surface area (Å²) in [7, 11) is -3.99. The van der Waals surface area contributed by atoms with Crippen molar-refractivity contribution in [3.05, 3.63) is 167 Å². The number of nitrogens with zero attached hydrogens (tertiary/aromatic N) is 4. The number of rotatable bonds is 8. The number of ether oxygens (including phenoxy) is 1. The van der Waals surface area contributed by atoms with E-state index >= 15 is 0 Å². The number of carbonyl (C=O) groups is 2. The number of benzene rings is 5. The Balaban J connectivity index is 1.14. The van der Waals surface area contributed by atoms with Crippen molar-refractivity contribution < 1.29 is 26.9 Å². The first-order valence-corrected chi connectivity index (χ1v) is 16.7. The van der Waals surface area contributed by atoms with Gasteiger partial charge in [-0.05, 0) is 60.2 Å². The van der Waals surface area contributed by atoms with Gasteiger partial charge in [-0.15, -0.1) is 5.10 Å². The molecule has 2 aliphatic rings. The Morgan fingerprint density at radius 3 is 2.02 bits per heavy atom. The zero-order valence-corrected chi connectivity index (χ0v) is 26.9. The van der Waals surface area contributed by atoms with E-state index in [9.17, 15) is 18.0 Å². The second-order valence-electron chi connectivity index (χ2n) is 11.1. The molecule has 0 spiro atoms. The highest BCUT2D eigenvalue weighted by Crippen LogP contribution is 2.32. The number of hydrogen-bond acceptors (Lipinski definition) is 8. The lowest BCUT2D eigenvalue weighted by Crippen LogP contribution is -2.32. The highest BCUT2D eigenvalue weighted by molar-refractivity contribution is 7.87. The molecule has 0 fully saturated rings. The van der Waals surface area contributed by atoms with E-state index in [-0.39, 0.29) is 34.1 Å². The summed E-state index contributed by atoms with van der Waals surface area (Å²) < 4.78 is 36.7. The fraction of sp³-hybridized carbons (Fsp3) is 0.0526. The summed E-state index contributed by atoms with van der Waals surface area (Å²) in [6.45, 7) is 1.43. The molecule has 0 saturated carbocycles. The zero-order chi connectivity index (χ0) is 34.0. The van der Waals surface area contributed by atoms with Crippen LogP contribution in [0.4, 0.5) is 5.69 Å².